The summed E-state index contributed by atoms with van der Waals surface area (Å²) in [6, 6.07) is 8.40. The van der Waals surface area contributed by atoms with E-state index in [1.54, 1.807) is 7.11 Å². The van der Waals surface area contributed by atoms with E-state index >= 15 is 0 Å². The number of piperidine rings is 1. The van der Waals surface area contributed by atoms with Crippen molar-refractivity contribution in [1.29, 1.82) is 0 Å². The first-order valence-corrected chi connectivity index (χ1v) is 12.7. The summed E-state index contributed by atoms with van der Waals surface area (Å²) < 4.78 is 29.8. The van der Waals surface area contributed by atoms with E-state index in [1.807, 2.05) is 12.1 Å². The molecule has 10 nitrogen and oxygen atoms in total. The zero-order valence-corrected chi connectivity index (χ0v) is 18.9. The van der Waals surface area contributed by atoms with Gasteiger partial charge in [-0.05, 0) is 49.9 Å². The third-order valence-corrected chi connectivity index (χ3v) is 6.91. The molecular formula is C21H27N7O3S. The summed E-state index contributed by atoms with van der Waals surface area (Å²) in [6.07, 6.45) is 5.68. The van der Waals surface area contributed by atoms with Gasteiger partial charge in [-0.1, -0.05) is 0 Å². The SMILES string of the molecule is COC1CCCN(c2ccc(Nc3nc(NC4CC4)c4c(S(C)(=O)=O)[nH]nc4n3)cc2)C1. The Morgan fingerprint density at radius 2 is 1.94 bits per heavy atom. The first kappa shape index (κ1) is 21.0. The molecule has 1 saturated carbocycles. The number of nitrogens with zero attached hydrogens (tertiary/aromatic N) is 4. The van der Waals surface area contributed by atoms with Crippen LogP contribution >= 0.6 is 0 Å². The molecule has 2 aliphatic rings. The number of hydrogen-bond donors (Lipinski definition) is 3. The number of H-pyrrole nitrogens is 1. The lowest BCUT2D eigenvalue weighted by Gasteiger charge is -2.33. The van der Waals surface area contributed by atoms with Gasteiger partial charge >= 0.3 is 0 Å². The molecule has 3 aromatic rings. The number of nitrogens with one attached hydrogen (secondary N) is 3. The summed E-state index contributed by atoms with van der Waals surface area (Å²) in [5.41, 5.74) is 2.29. The normalized spacial score (nSPS) is 19.3. The van der Waals surface area contributed by atoms with E-state index < -0.39 is 9.84 Å². The Balaban J connectivity index is 1.40. The number of aromatic amines is 1. The standard InChI is InChI=1S/C21H27N7O3S/c1-31-16-4-3-11-28(12-16)15-9-7-14(8-10-15)23-21-24-18(22-13-5-6-13)17-19(25-21)26-27-20(17)32(2,29)30/h7-10,13,16H,3-6,11-12H2,1-2H3,(H3,22,23,24,25,26,27). The van der Waals surface area contributed by atoms with Gasteiger partial charge in [-0.25, -0.2) is 8.42 Å². The second-order valence-corrected chi connectivity index (χ2v) is 10.4. The molecule has 3 N–H and O–H groups in total. The number of methoxy groups -OCH3 is 1. The van der Waals surface area contributed by atoms with Crippen LogP contribution < -0.4 is 15.5 Å². The molecule has 5 rings (SSSR count). The molecule has 0 bridgehead atoms. The average molecular weight is 458 g/mol. The molecule has 2 aromatic heterocycles. The van der Waals surface area contributed by atoms with Crippen LogP contribution in [0.1, 0.15) is 25.7 Å². The van der Waals surface area contributed by atoms with Crippen molar-refractivity contribution in [3.8, 4) is 0 Å². The largest absolute Gasteiger partial charge is 0.380 e. The van der Waals surface area contributed by atoms with E-state index in [0.29, 0.717) is 28.8 Å². The van der Waals surface area contributed by atoms with Gasteiger partial charge in [0.25, 0.3) is 0 Å². The predicted molar refractivity (Wildman–Crippen MR) is 123 cm³/mol. The zero-order chi connectivity index (χ0) is 22.3. The van der Waals surface area contributed by atoms with E-state index in [2.05, 4.69) is 47.8 Å². The van der Waals surface area contributed by atoms with Crippen LogP contribution in [0.4, 0.5) is 23.1 Å². The fourth-order valence-corrected chi connectivity index (χ4v) is 4.77. The zero-order valence-electron chi connectivity index (χ0n) is 18.1. The molecule has 0 amide bonds. The third kappa shape index (κ3) is 4.35. The summed E-state index contributed by atoms with van der Waals surface area (Å²) in [4.78, 5) is 11.3. The lowest BCUT2D eigenvalue weighted by atomic mass is 10.1. The lowest BCUT2D eigenvalue weighted by molar-refractivity contribution is 0.0893. The van der Waals surface area contributed by atoms with E-state index in [-0.39, 0.29) is 11.1 Å². The summed E-state index contributed by atoms with van der Waals surface area (Å²) >= 11 is 0. The van der Waals surface area contributed by atoms with Crippen molar-refractivity contribution in [1.82, 2.24) is 20.2 Å². The minimum atomic E-state index is -3.49. The van der Waals surface area contributed by atoms with Crippen molar-refractivity contribution in [3.05, 3.63) is 24.3 Å². The number of hydrogen-bond acceptors (Lipinski definition) is 9. The number of fused-ring (bicyclic) bond motifs is 1. The Morgan fingerprint density at radius 1 is 1.16 bits per heavy atom. The third-order valence-electron chi connectivity index (χ3n) is 5.87. The van der Waals surface area contributed by atoms with Gasteiger partial charge in [-0.3, -0.25) is 5.10 Å². The van der Waals surface area contributed by atoms with Crippen LogP contribution in [0.3, 0.4) is 0 Å². The van der Waals surface area contributed by atoms with Gasteiger partial charge < -0.3 is 20.3 Å². The van der Waals surface area contributed by atoms with Crippen molar-refractivity contribution >= 4 is 44.0 Å². The summed E-state index contributed by atoms with van der Waals surface area (Å²) in [5, 5.41) is 13.7. The molecular weight excluding hydrogens is 430 g/mol. The first-order chi connectivity index (χ1) is 15.4. The number of benzene rings is 1. The van der Waals surface area contributed by atoms with Crippen LogP contribution in [0, 0.1) is 0 Å². The molecule has 1 atom stereocenters. The average Bonchev–Trinajstić information content (AvgIpc) is 3.48. The maximum absolute atomic E-state index is 12.2. The van der Waals surface area contributed by atoms with Crippen LogP contribution in [-0.2, 0) is 14.6 Å². The minimum absolute atomic E-state index is 0.0300. The smallest absolute Gasteiger partial charge is 0.231 e. The molecule has 3 heterocycles. The summed E-state index contributed by atoms with van der Waals surface area (Å²) in [6.45, 7) is 1.91. The summed E-state index contributed by atoms with van der Waals surface area (Å²) in [7, 11) is -1.72. The Morgan fingerprint density at radius 3 is 2.62 bits per heavy atom. The van der Waals surface area contributed by atoms with Crippen LogP contribution in [0.25, 0.3) is 11.0 Å². The van der Waals surface area contributed by atoms with Gasteiger partial charge in [0.05, 0.1) is 6.10 Å². The van der Waals surface area contributed by atoms with E-state index in [9.17, 15) is 8.42 Å². The van der Waals surface area contributed by atoms with Crippen LogP contribution in [0.2, 0.25) is 0 Å². The highest BCUT2D eigenvalue weighted by atomic mass is 32.2. The van der Waals surface area contributed by atoms with Gasteiger partial charge in [-0.2, -0.15) is 15.1 Å². The number of sulfone groups is 1. The molecule has 170 valence electrons. The number of rotatable bonds is 7. The molecule has 0 radical (unpaired) electrons. The highest BCUT2D eigenvalue weighted by Gasteiger charge is 2.27. The fraction of sp³-hybridized carbons (Fsp3) is 0.476. The van der Waals surface area contributed by atoms with Crippen LogP contribution in [-0.4, -0.2) is 67.2 Å². The van der Waals surface area contributed by atoms with Crippen LogP contribution in [0.5, 0.6) is 0 Å². The van der Waals surface area contributed by atoms with Crippen molar-refractivity contribution < 1.29 is 13.2 Å². The van der Waals surface area contributed by atoms with Crippen molar-refractivity contribution in [2.45, 2.75) is 42.9 Å². The maximum atomic E-state index is 12.2. The van der Waals surface area contributed by atoms with Gasteiger partial charge in [-0.15, -0.1) is 0 Å². The van der Waals surface area contributed by atoms with E-state index in [1.165, 1.54) is 0 Å². The van der Waals surface area contributed by atoms with E-state index in [4.69, 9.17) is 4.74 Å². The number of aromatic nitrogens is 4. The molecule has 11 heteroatoms. The second-order valence-electron chi connectivity index (χ2n) is 8.46. The van der Waals surface area contributed by atoms with Crippen molar-refractivity contribution in [2.24, 2.45) is 0 Å². The van der Waals surface area contributed by atoms with Crippen molar-refractivity contribution in [3.63, 3.8) is 0 Å². The first-order valence-electron chi connectivity index (χ1n) is 10.8. The molecule has 1 unspecified atom stereocenters. The Hall–Kier alpha value is -2.92. The lowest BCUT2D eigenvalue weighted by Crippen LogP contribution is -2.39. The predicted octanol–water partition coefficient (Wildman–Crippen LogP) is 2.69. The van der Waals surface area contributed by atoms with Gasteiger partial charge in [0.2, 0.25) is 5.95 Å². The molecule has 1 aliphatic carbocycles. The second kappa shape index (κ2) is 8.21. The molecule has 1 aromatic carbocycles. The Kier molecular flexibility index (Phi) is 5.38. The minimum Gasteiger partial charge on any atom is -0.380 e. The molecule has 1 aliphatic heterocycles. The highest BCUT2D eigenvalue weighted by molar-refractivity contribution is 7.90. The molecule has 32 heavy (non-hydrogen) atoms. The quantitative estimate of drug-likeness (QED) is 0.491. The maximum Gasteiger partial charge on any atom is 0.231 e. The monoisotopic (exact) mass is 457 g/mol. The summed E-state index contributed by atoms with van der Waals surface area (Å²) in [5.74, 6) is 0.835. The van der Waals surface area contributed by atoms with Gasteiger partial charge in [0.1, 0.15) is 11.2 Å². The van der Waals surface area contributed by atoms with E-state index in [0.717, 1.165) is 56.4 Å². The Labute approximate surface area is 186 Å². The molecule has 2 fully saturated rings. The van der Waals surface area contributed by atoms with Gasteiger partial charge in [0, 0.05) is 43.9 Å². The fourth-order valence-electron chi connectivity index (χ4n) is 4.00. The van der Waals surface area contributed by atoms with Crippen LogP contribution in [0.15, 0.2) is 29.3 Å². The number of anilines is 4. The topological polar surface area (TPSA) is 125 Å². The number of ether oxygens (including phenoxy) is 1. The highest BCUT2D eigenvalue weighted by Crippen LogP contribution is 2.32. The Bertz CT molecular complexity index is 1220. The van der Waals surface area contributed by atoms with Gasteiger partial charge in [0.15, 0.2) is 20.5 Å². The molecule has 1 saturated heterocycles. The molecule has 0 spiro atoms. The van der Waals surface area contributed by atoms with Crippen molar-refractivity contribution in [2.75, 3.05) is 42.0 Å².